The summed E-state index contributed by atoms with van der Waals surface area (Å²) in [5.41, 5.74) is 0. The van der Waals surface area contributed by atoms with E-state index in [2.05, 4.69) is 5.32 Å². The van der Waals surface area contributed by atoms with E-state index in [1.165, 1.54) is 6.92 Å². The number of thioether (sulfide) groups is 1. The van der Waals surface area contributed by atoms with Gasteiger partial charge in [-0.2, -0.15) is 0 Å². The van der Waals surface area contributed by atoms with Gasteiger partial charge in [-0.05, 0) is 31.2 Å². The molecule has 1 atom stereocenters. The summed E-state index contributed by atoms with van der Waals surface area (Å²) in [7, 11) is 0. The number of amides is 1. The van der Waals surface area contributed by atoms with Crippen LogP contribution in [-0.2, 0) is 9.59 Å². The van der Waals surface area contributed by atoms with Gasteiger partial charge in [0.05, 0.1) is 6.04 Å². The highest BCUT2D eigenvalue weighted by Gasteiger charge is 2.20. The Morgan fingerprint density at radius 2 is 1.95 bits per heavy atom. The zero-order valence-electron chi connectivity index (χ0n) is 12.3. The largest absolute Gasteiger partial charge is 0.483 e. The number of Topliss-reactive ketones (excluding diaryl/α,β-unsaturated/α-hetero) is 1. The Labute approximate surface area is 124 Å². The third-order valence-electron chi connectivity index (χ3n) is 2.85. The molecule has 0 spiro atoms. The summed E-state index contributed by atoms with van der Waals surface area (Å²) in [5, 5.41) is 2.70. The molecule has 0 bridgehead atoms. The molecule has 0 fully saturated rings. The minimum atomic E-state index is -0.457. The van der Waals surface area contributed by atoms with Crippen molar-refractivity contribution < 1.29 is 14.3 Å². The number of ether oxygens (including phenoxy) is 1. The third-order valence-corrected chi connectivity index (χ3v) is 3.63. The van der Waals surface area contributed by atoms with Gasteiger partial charge in [-0.3, -0.25) is 9.59 Å². The molecule has 1 amide bonds. The van der Waals surface area contributed by atoms with E-state index < -0.39 is 6.04 Å². The SMILES string of the molecule is CSc1ccccc1OCC(=O)NC(C(C)=O)C(C)C. The van der Waals surface area contributed by atoms with E-state index in [0.717, 1.165) is 4.90 Å². The van der Waals surface area contributed by atoms with E-state index in [1.54, 1.807) is 11.8 Å². The monoisotopic (exact) mass is 295 g/mol. The van der Waals surface area contributed by atoms with E-state index in [4.69, 9.17) is 4.74 Å². The van der Waals surface area contributed by atoms with Gasteiger partial charge in [0, 0.05) is 4.90 Å². The van der Waals surface area contributed by atoms with E-state index in [-0.39, 0.29) is 24.2 Å². The van der Waals surface area contributed by atoms with E-state index in [9.17, 15) is 9.59 Å². The second kappa shape index (κ2) is 7.94. The maximum absolute atomic E-state index is 11.8. The molecular weight excluding hydrogens is 274 g/mol. The minimum Gasteiger partial charge on any atom is -0.483 e. The standard InChI is InChI=1S/C15H21NO3S/c1-10(2)15(11(3)17)16-14(18)9-19-12-7-5-6-8-13(12)20-4/h5-8,10,15H,9H2,1-4H3,(H,16,18). The molecule has 1 unspecified atom stereocenters. The highest BCUT2D eigenvalue weighted by Crippen LogP contribution is 2.26. The van der Waals surface area contributed by atoms with E-state index >= 15 is 0 Å². The first-order valence-electron chi connectivity index (χ1n) is 6.51. The van der Waals surface area contributed by atoms with Gasteiger partial charge in [-0.25, -0.2) is 0 Å². The van der Waals surface area contributed by atoms with Gasteiger partial charge in [0.1, 0.15) is 5.75 Å². The summed E-state index contributed by atoms with van der Waals surface area (Å²) >= 11 is 1.56. The van der Waals surface area contributed by atoms with Crippen molar-refractivity contribution in [2.24, 2.45) is 5.92 Å². The van der Waals surface area contributed by atoms with Crippen molar-refractivity contribution >= 4 is 23.5 Å². The Balaban J connectivity index is 2.57. The van der Waals surface area contributed by atoms with Crippen LogP contribution in [0.5, 0.6) is 5.75 Å². The highest BCUT2D eigenvalue weighted by atomic mass is 32.2. The topological polar surface area (TPSA) is 55.4 Å². The van der Waals surface area contributed by atoms with Crippen LogP contribution in [0.1, 0.15) is 20.8 Å². The molecule has 0 saturated heterocycles. The molecule has 5 heteroatoms. The summed E-state index contributed by atoms with van der Waals surface area (Å²) in [6, 6.07) is 7.08. The van der Waals surface area contributed by atoms with Crippen LogP contribution in [0, 0.1) is 5.92 Å². The van der Waals surface area contributed by atoms with Gasteiger partial charge in [-0.15, -0.1) is 11.8 Å². The number of carbonyl (C=O) groups excluding carboxylic acids is 2. The van der Waals surface area contributed by atoms with Crippen molar-refractivity contribution in [3.63, 3.8) is 0 Å². The first-order chi connectivity index (χ1) is 9.45. The Hall–Kier alpha value is -1.49. The maximum Gasteiger partial charge on any atom is 0.258 e. The molecule has 1 aromatic rings. The highest BCUT2D eigenvalue weighted by molar-refractivity contribution is 7.98. The average Bonchev–Trinajstić information content (AvgIpc) is 2.42. The molecule has 0 aliphatic rings. The molecule has 1 N–H and O–H groups in total. The molecular formula is C15H21NO3S. The lowest BCUT2D eigenvalue weighted by Gasteiger charge is -2.19. The number of nitrogens with one attached hydrogen (secondary N) is 1. The van der Waals surface area contributed by atoms with Crippen LogP contribution >= 0.6 is 11.8 Å². The summed E-state index contributed by atoms with van der Waals surface area (Å²) in [6.45, 7) is 5.19. The third kappa shape index (κ3) is 4.89. The van der Waals surface area contributed by atoms with Crippen LogP contribution in [0.15, 0.2) is 29.2 Å². The van der Waals surface area contributed by atoms with Crippen molar-refractivity contribution in [3.8, 4) is 5.75 Å². The summed E-state index contributed by atoms with van der Waals surface area (Å²) in [4.78, 5) is 24.3. The Morgan fingerprint density at radius 1 is 1.30 bits per heavy atom. The number of rotatable bonds is 7. The lowest BCUT2D eigenvalue weighted by molar-refractivity contribution is -0.129. The zero-order valence-corrected chi connectivity index (χ0v) is 13.1. The molecule has 0 saturated carbocycles. The normalized spacial score (nSPS) is 12.1. The van der Waals surface area contributed by atoms with Gasteiger partial charge < -0.3 is 10.1 Å². The van der Waals surface area contributed by atoms with Gasteiger partial charge in [0.25, 0.3) is 5.91 Å². The van der Waals surface area contributed by atoms with Gasteiger partial charge in [0.2, 0.25) is 0 Å². The number of carbonyl (C=O) groups is 2. The molecule has 0 aliphatic carbocycles. The van der Waals surface area contributed by atoms with Crippen molar-refractivity contribution in [3.05, 3.63) is 24.3 Å². The Morgan fingerprint density at radius 3 is 2.50 bits per heavy atom. The number of hydrogen-bond acceptors (Lipinski definition) is 4. The zero-order chi connectivity index (χ0) is 15.1. The molecule has 1 rings (SSSR count). The van der Waals surface area contributed by atoms with E-state index in [1.807, 2.05) is 44.4 Å². The summed E-state index contributed by atoms with van der Waals surface area (Å²) in [6.07, 6.45) is 1.95. The predicted molar refractivity (Wildman–Crippen MR) is 81.2 cm³/mol. The molecule has 0 aliphatic heterocycles. The van der Waals surface area contributed by atoms with Crippen molar-refractivity contribution in [1.82, 2.24) is 5.32 Å². The van der Waals surface area contributed by atoms with Crippen molar-refractivity contribution in [2.45, 2.75) is 31.7 Å². The molecule has 110 valence electrons. The fourth-order valence-corrected chi connectivity index (χ4v) is 2.38. The fourth-order valence-electron chi connectivity index (χ4n) is 1.83. The minimum absolute atomic E-state index is 0.0436. The van der Waals surface area contributed by atoms with Crippen molar-refractivity contribution in [2.75, 3.05) is 12.9 Å². The molecule has 20 heavy (non-hydrogen) atoms. The average molecular weight is 295 g/mol. The molecule has 0 radical (unpaired) electrons. The number of hydrogen-bond donors (Lipinski definition) is 1. The van der Waals surface area contributed by atoms with Gasteiger partial charge in [0.15, 0.2) is 12.4 Å². The van der Waals surface area contributed by atoms with Crippen molar-refractivity contribution in [1.29, 1.82) is 0 Å². The summed E-state index contributed by atoms with van der Waals surface area (Å²) < 4.78 is 5.51. The number of para-hydroxylation sites is 1. The van der Waals surface area contributed by atoms with Crippen LogP contribution in [0.25, 0.3) is 0 Å². The van der Waals surface area contributed by atoms with Gasteiger partial charge >= 0.3 is 0 Å². The maximum atomic E-state index is 11.8. The van der Waals surface area contributed by atoms with Crippen LogP contribution in [0.3, 0.4) is 0 Å². The Bertz CT molecular complexity index is 474. The molecule has 0 aromatic heterocycles. The number of ketones is 1. The molecule has 0 heterocycles. The quantitative estimate of drug-likeness (QED) is 0.785. The van der Waals surface area contributed by atoms with Crippen LogP contribution in [-0.4, -0.2) is 30.6 Å². The van der Waals surface area contributed by atoms with Crippen LogP contribution in [0.4, 0.5) is 0 Å². The predicted octanol–water partition coefficient (Wildman–Crippen LogP) is 2.52. The second-order valence-electron chi connectivity index (χ2n) is 4.84. The molecule has 1 aromatic carbocycles. The van der Waals surface area contributed by atoms with Crippen LogP contribution in [0.2, 0.25) is 0 Å². The lowest BCUT2D eigenvalue weighted by Crippen LogP contribution is -2.45. The van der Waals surface area contributed by atoms with Gasteiger partial charge in [-0.1, -0.05) is 26.0 Å². The van der Waals surface area contributed by atoms with Crippen LogP contribution < -0.4 is 10.1 Å². The Kier molecular flexibility index (Phi) is 6.58. The van der Waals surface area contributed by atoms with E-state index in [0.29, 0.717) is 5.75 Å². The second-order valence-corrected chi connectivity index (χ2v) is 5.69. The fraction of sp³-hybridized carbons (Fsp3) is 0.467. The summed E-state index contributed by atoms with van der Waals surface area (Å²) in [5.74, 6) is 0.418. The molecule has 4 nitrogen and oxygen atoms in total. The lowest BCUT2D eigenvalue weighted by atomic mass is 10.0. The first kappa shape index (κ1) is 16.6. The smallest absolute Gasteiger partial charge is 0.258 e. The first-order valence-corrected chi connectivity index (χ1v) is 7.73. The number of benzene rings is 1.